The van der Waals surface area contributed by atoms with E-state index in [2.05, 4.69) is 5.32 Å². The molecule has 3 unspecified atom stereocenters. The molecule has 1 rings (SSSR count). The molecule has 4 heteroatoms. The Kier molecular flexibility index (Phi) is 4.05. The molecule has 1 N–H and O–H groups in total. The number of piperidine rings is 1. The summed E-state index contributed by atoms with van der Waals surface area (Å²) in [4.78, 5) is 12.1. The molecular weight excluding hydrogens is 212 g/mol. The molecular formula is C12H21F2NO. The predicted molar refractivity (Wildman–Crippen MR) is 59.6 cm³/mol. The van der Waals surface area contributed by atoms with Gasteiger partial charge in [-0.25, -0.2) is 8.78 Å². The predicted octanol–water partition coefficient (Wildman–Crippen LogP) is 2.62. The number of hydrogen-bond donors (Lipinski definition) is 1. The number of carbonyl (C=O) groups excluding carboxylic acids is 1. The minimum absolute atomic E-state index is 0.130. The molecule has 0 bridgehead atoms. The Bertz CT molecular complexity index is 260. The molecule has 0 aromatic rings. The number of carbonyl (C=O) groups is 1. The molecule has 0 aliphatic carbocycles. The van der Waals surface area contributed by atoms with E-state index in [0.717, 1.165) is 0 Å². The normalized spacial score (nSPS) is 31.8. The van der Waals surface area contributed by atoms with Crippen LogP contribution in [0.3, 0.4) is 0 Å². The lowest BCUT2D eigenvalue weighted by Gasteiger charge is -2.37. The molecule has 0 aromatic heterocycles. The molecule has 0 radical (unpaired) electrons. The molecule has 0 amide bonds. The van der Waals surface area contributed by atoms with E-state index in [1.807, 2.05) is 27.7 Å². The summed E-state index contributed by atoms with van der Waals surface area (Å²) in [6, 6.07) is -0.904. The fourth-order valence-electron chi connectivity index (χ4n) is 2.26. The van der Waals surface area contributed by atoms with Crippen LogP contribution < -0.4 is 5.32 Å². The molecule has 16 heavy (non-hydrogen) atoms. The van der Waals surface area contributed by atoms with Crippen molar-refractivity contribution in [2.24, 2.45) is 11.3 Å². The number of hydrogen-bond acceptors (Lipinski definition) is 2. The summed E-state index contributed by atoms with van der Waals surface area (Å²) >= 11 is 0. The number of alkyl halides is 2. The summed E-state index contributed by atoms with van der Waals surface area (Å²) in [6.07, 6.45) is -1.39. The Hall–Kier alpha value is -0.510. The number of halogens is 2. The third kappa shape index (κ3) is 3.00. The van der Waals surface area contributed by atoms with Gasteiger partial charge in [-0.05, 0) is 19.8 Å². The molecule has 1 saturated heterocycles. The number of nitrogens with one attached hydrogen (secondary N) is 1. The summed E-state index contributed by atoms with van der Waals surface area (Å²) in [5, 5.41) is 2.85. The fraction of sp³-hybridized carbons (Fsp3) is 0.917. The summed E-state index contributed by atoms with van der Waals surface area (Å²) in [7, 11) is 0. The van der Waals surface area contributed by atoms with Crippen molar-refractivity contribution >= 4 is 5.78 Å². The van der Waals surface area contributed by atoms with E-state index in [1.165, 1.54) is 0 Å². The second-order valence-electron chi connectivity index (χ2n) is 5.69. The van der Waals surface area contributed by atoms with E-state index < -0.39 is 17.9 Å². The van der Waals surface area contributed by atoms with Crippen LogP contribution in [0.25, 0.3) is 0 Å². The van der Waals surface area contributed by atoms with E-state index in [1.54, 1.807) is 0 Å². The van der Waals surface area contributed by atoms with Crippen LogP contribution in [0.4, 0.5) is 8.78 Å². The van der Waals surface area contributed by atoms with Gasteiger partial charge in [-0.1, -0.05) is 20.8 Å². The zero-order valence-corrected chi connectivity index (χ0v) is 10.4. The standard InChI is InChI=1S/C12H21F2NO/c1-7-8(10(16)12(2,3)4)5-6-9(15-7)11(13)14/h7-9,11,15H,5-6H2,1-4H3. The summed E-state index contributed by atoms with van der Waals surface area (Å²) < 4.78 is 25.0. The molecule has 1 heterocycles. The SMILES string of the molecule is CC1NC(C(F)F)CCC1C(=O)C(C)(C)C. The van der Waals surface area contributed by atoms with Crippen molar-refractivity contribution in [3.8, 4) is 0 Å². The summed E-state index contributed by atoms with van der Waals surface area (Å²) in [5.41, 5.74) is -0.391. The molecule has 1 aliphatic heterocycles. The number of Topliss-reactive ketones (excluding diaryl/α,β-unsaturated/α-hetero) is 1. The maximum atomic E-state index is 12.5. The lowest BCUT2D eigenvalue weighted by atomic mass is 9.76. The lowest BCUT2D eigenvalue weighted by Crippen LogP contribution is -2.52. The Balaban J connectivity index is 2.64. The second kappa shape index (κ2) is 4.78. The third-order valence-electron chi connectivity index (χ3n) is 3.25. The fourth-order valence-corrected chi connectivity index (χ4v) is 2.26. The first-order valence-corrected chi connectivity index (χ1v) is 5.82. The Morgan fingerprint density at radius 1 is 1.31 bits per heavy atom. The van der Waals surface area contributed by atoms with Gasteiger partial charge in [0.25, 0.3) is 6.43 Å². The zero-order chi connectivity index (χ0) is 12.5. The molecule has 1 fully saturated rings. The molecule has 0 saturated carbocycles. The van der Waals surface area contributed by atoms with Crippen molar-refractivity contribution in [3.05, 3.63) is 0 Å². The first-order chi connectivity index (χ1) is 7.23. The largest absolute Gasteiger partial charge is 0.306 e. The lowest BCUT2D eigenvalue weighted by molar-refractivity contribution is -0.132. The average Bonchev–Trinajstić information content (AvgIpc) is 2.15. The van der Waals surface area contributed by atoms with Crippen molar-refractivity contribution in [1.82, 2.24) is 5.32 Å². The first kappa shape index (κ1) is 13.6. The highest BCUT2D eigenvalue weighted by atomic mass is 19.3. The van der Waals surface area contributed by atoms with E-state index >= 15 is 0 Å². The minimum atomic E-state index is -2.34. The van der Waals surface area contributed by atoms with Gasteiger partial charge < -0.3 is 5.32 Å². The first-order valence-electron chi connectivity index (χ1n) is 5.82. The molecule has 2 nitrogen and oxygen atoms in total. The zero-order valence-electron chi connectivity index (χ0n) is 10.4. The van der Waals surface area contributed by atoms with Gasteiger partial charge in [-0.15, -0.1) is 0 Å². The van der Waals surface area contributed by atoms with E-state index in [0.29, 0.717) is 12.8 Å². The average molecular weight is 233 g/mol. The second-order valence-corrected chi connectivity index (χ2v) is 5.69. The van der Waals surface area contributed by atoms with Crippen LogP contribution >= 0.6 is 0 Å². The van der Waals surface area contributed by atoms with Gasteiger partial charge in [0.2, 0.25) is 0 Å². The van der Waals surface area contributed by atoms with Gasteiger partial charge in [-0.2, -0.15) is 0 Å². The van der Waals surface area contributed by atoms with Gasteiger partial charge in [0, 0.05) is 17.4 Å². The van der Waals surface area contributed by atoms with Crippen LogP contribution in [-0.4, -0.2) is 24.3 Å². The highest BCUT2D eigenvalue weighted by Crippen LogP contribution is 2.30. The van der Waals surface area contributed by atoms with Gasteiger partial charge in [-0.3, -0.25) is 4.79 Å². The van der Waals surface area contributed by atoms with Gasteiger partial charge in [0.15, 0.2) is 0 Å². The van der Waals surface area contributed by atoms with Crippen molar-refractivity contribution in [2.45, 2.75) is 59.0 Å². The number of rotatable bonds is 2. The van der Waals surface area contributed by atoms with Crippen LogP contribution in [0.1, 0.15) is 40.5 Å². The minimum Gasteiger partial charge on any atom is -0.306 e. The monoisotopic (exact) mass is 233 g/mol. The van der Waals surface area contributed by atoms with Crippen LogP contribution in [0.2, 0.25) is 0 Å². The van der Waals surface area contributed by atoms with Crippen molar-refractivity contribution < 1.29 is 13.6 Å². The molecule has 3 atom stereocenters. The number of ketones is 1. The molecule has 1 aliphatic rings. The molecule has 0 aromatic carbocycles. The molecule has 94 valence electrons. The van der Waals surface area contributed by atoms with Gasteiger partial charge >= 0.3 is 0 Å². The summed E-state index contributed by atoms with van der Waals surface area (Å²) in [6.45, 7) is 7.45. The van der Waals surface area contributed by atoms with Crippen LogP contribution in [0.5, 0.6) is 0 Å². The van der Waals surface area contributed by atoms with E-state index in [9.17, 15) is 13.6 Å². The molecule has 0 spiro atoms. The highest BCUT2D eigenvalue weighted by molar-refractivity contribution is 5.86. The highest BCUT2D eigenvalue weighted by Gasteiger charge is 2.38. The van der Waals surface area contributed by atoms with Crippen molar-refractivity contribution in [2.75, 3.05) is 0 Å². The smallest absolute Gasteiger partial charge is 0.253 e. The maximum absolute atomic E-state index is 12.5. The Labute approximate surface area is 95.8 Å². The van der Waals surface area contributed by atoms with Crippen LogP contribution in [-0.2, 0) is 4.79 Å². The quantitative estimate of drug-likeness (QED) is 0.794. The van der Waals surface area contributed by atoms with Gasteiger partial charge in [0.1, 0.15) is 5.78 Å². The van der Waals surface area contributed by atoms with Gasteiger partial charge in [0.05, 0.1) is 6.04 Å². The van der Waals surface area contributed by atoms with Crippen LogP contribution in [0, 0.1) is 11.3 Å². The Morgan fingerprint density at radius 2 is 1.88 bits per heavy atom. The van der Waals surface area contributed by atoms with Crippen molar-refractivity contribution in [1.29, 1.82) is 0 Å². The van der Waals surface area contributed by atoms with E-state index in [-0.39, 0.29) is 17.7 Å². The van der Waals surface area contributed by atoms with Crippen molar-refractivity contribution in [3.63, 3.8) is 0 Å². The summed E-state index contributed by atoms with van der Waals surface area (Å²) in [5.74, 6) is 0.0372. The Morgan fingerprint density at radius 3 is 2.25 bits per heavy atom. The van der Waals surface area contributed by atoms with Crippen LogP contribution in [0.15, 0.2) is 0 Å². The maximum Gasteiger partial charge on any atom is 0.253 e. The topological polar surface area (TPSA) is 29.1 Å². The van der Waals surface area contributed by atoms with E-state index in [4.69, 9.17) is 0 Å². The third-order valence-corrected chi connectivity index (χ3v) is 3.25.